The Morgan fingerprint density at radius 1 is 1.07 bits per heavy atom. The first-order valence-corrected chi connectivity index (χ1v) is 9.25. The highest BCUT2D eigenvalue weighted by atomic mass is 16.2. The molecule has 1 aliphatic rings. The first-order chi connectivity index (χ1) is 13.0. The maximum Gasteiger partial charge on any atom is 0.226 e. The summed E-state index contributed by atoms with van der Waals surface area (Å²) in [5.41, 5.74) is 9.11. The van der Waals surface area contributed by atoms with Crippen LogP contribution in [0.4, 0.5) is 5.69 Å². The molecule has 1 aliphatic heterocycles. The molecule has 0 aliphatic carbocycles. The molecule has 6 heteroatoms. The summed E-state index contributed by atoms with van der Waals surface area (Å²) in [6, 6.07) is 17.5. The molecule has 2 aromatic carbocycles. The van der Waals surface area contributed by atoms with Gasteiger partial charge in [-0.15, -0.1) is 0 Å². The molecule has 142 valence electrons. The van der Waals surface area contributed by atoms with E-state index in [-0.39, 0.29) is 29.7 Å². The van der Waals surface area contributed by atoms with E-state index in [2.05, 4.69) is 21.5 Å². The summed E-state index contributed by atoms with van der Waals surface area (Å²) in [6.07, 6.45) is 0. The Hall–Kier alpha value is -2.70. The Kier molecular flexibility index (Phi) is 6.21. The molecule has 2 atom stereocenters. The lowest BCUT2D eigenvalue weighted by molar-refractivity contribution is -0.125. The van der Waals surface area contributed by atoms with Crippen molar-refractivity contribution < 1.29 is 9.59 Å². The average molecular weight is 366 g/mol. The monoisotopic (exact) mass is 366 g/mol. The minimum atomic E-state index is -0.169. The zero-order valence-corrected chi connectivity index (χ0v) is 15.7. The maximum atomic E-state index is 12.6. The topological polar surface area (TPSA) is 82.3 Å². The fourth-order valence-corrected chi connectivity index (χ4v) is 3.03. The first kappa shape index (κ1) is 19.1. The molecule has 1 fully saturated rings. The van der Waals surface area contributed by atoms with E-state index in [1.165, 1.54) is 0 Å². The number of nitrogens with one attached hydrogen (secondary N) is 4. The van der Waals surface area contributed by atoms with Crippen molar-refractivity contribution in [3.05, 3.63) is 65.7 Å². The largest absolute Gasteiger partial charge is 0.352 e. The predicted molar refractivity (Wildman–Crippen MR) is 106 cm³/mol. The smallest absolute Gasteiger partial charge is 0.226 e. The summed E-state index contributed by atoms with van der Waals surface area (Å²) >= 11 is 0. The number of hydrazine groups is 1. The number of anilines is 1. The van der Waals surface area contributed by atoms with Crippen LogP contribution in [-0.2, 0) is 16.1 Å². The summed E-state index contributed by atoms with van der Waals surface area (Å²) < 4.78 is 0. The van der Waals surface area contributed by atoms with Gasteiger partial charge < -0.3 is 10.6 Å². The van der Waals surface area contributed by atoms with Crippen LogP contribution in [0.15, 0.2) is 54.6 Å². The van der Waals surface area contributed by atoms with Crippen LogP contribution in [0.2, 0.25) is 0 Å². The minimum Gasteiger partial charge on any atom is -0.352 e. The molecule has 3 rings (SSSR count). The van der Waals surface area contributed by atoms with Gasteiger partial charge in [0.15, 0.2) is 0 Å². The predicted octanol–water partition coefficient (Wildman–Crippen LogP) is 2.36. The van der Waals surface area contributed by atoms with Gasteiger partial charge in [0.2, 0.25) is 11.8 Å². The highest BCUT2D eigenvalue weighted by molar-refractivity contribution is 5.92. The summed E-state index contributed by atoms with van der Waals surface area (Å²) in [5.74, 6) is -0.227. The SMILES string of the molecule is CC(C)C(=O)Nc1ccc(CNC(=O)C2CNNC2c2ccccc2)cc1. The van der Waals surface area contributed by atoms with Crippen LogP contribution in [0, 0.1) is 11.8 Å². The number of hydrogen-bond donors (Lipinski definition) is 4. The Balaban J connectivity index is 1.55. The Labute approximate surface area is 159 Å². The van der Waals surface area contributed by atoms with Gasteiger partial charge in [-0.3, -0.25) is 15.0 Å². The fourth-order valence-electron chi connectivity index (χ4n) is 3.03. The standard InChI is InChI=1S/C21H26N4O2/c1-14(2)20(26)24-17-10-8-15(9-11-17)12-22-21(27)18-13-23-25-19(18)16-6-4-3-5-7-16/h3-11,14,18-19,23,25H,12-13H2,1-2H3,(H,22,27)(H,24,26). The summed E-state index contributed by atoms with van der Waals surface area (Å²) in [7, 11) is 0. The third-order valence-corrected chi connectivity index (χ3v) is 4.69. The molecule has 0 radical (unpaired) electrons. The second-order valence-electron chi connectivity index (χ2n) is 7.08. The number of hydrogen-bond acceptors (Lipinski definition) is 4. The number of carbonyl (C=O) groups is 2. The van der Waals surface area contributed by atoms with Gasteiger partial charge >= 0.3 is 0 Å². The van der Waals surface area contributed by atoms with Crippen molar-refractivity contribution in [2.45, 2.75) is 26.4 Å². The first-order valence-electron chi connectivity index (χ1n) is 9.25. The Bertz CT molecular complexity index is 775. The minimum absolute atomic E-state index is 0.00996. The van der Waals surface area contributed by atoms with Crippen molar-refractivity contribution >= 4 is 17.5 Å². The van der Waals surface area contributed by atoms with E-state index in [1.54, 1.807) is 0 Å². The fraction of sp³-hybridized carbons (Fsp3) is 0.333. The second-order valence-corrected chi connectivity index (χ2v) is 7.08. The van der Waals surface area contributed by atoms with E-state index in [1.807, 2.05) is 68.4 Å². The van der Waals surface area contributed by atoms with Crippen molar-refractivity contribution in [2.75, 3.05) is 11.9 Å². The van der Waals surface area contributed by atoms with E-state index < -0.39 is 0 Å². The summed E-state index contributed by atoms with van der Waals surface area (Å²) in [6.45, 7) is 4.75. The molecule has 6 nitrogen and oxygen atoms in total. The quantitative estimate of drug-likeness (QED) is 0.633. The zero-order valence-electron chi connectivity index (χ0n) is 15.7. The number of benzene rings is 2. The van der Waals surface area contributed by atoms with Crippen molar-refractivity contribution in [2.24, 2.45) is 11.8 Å². The molecule has 0 bridgehead atoms. The van der Waals surface area contributed by atoms with Crippen LogP contribution in [0.25, 0.3) is 0 Å². The van der Waals surface area contributed by atoms with Crippen LogP contribution in [0.5, 0.6) is 0 Å². The third-order valence-electron chi connectivity index (χ3n) is 4.69. The Morgan fingerprint density at radius 2 is 1.78 bits per heavy atom. The molecule has 0 aromatic heterocycles. The van der Waals surface area contributed by atoms with Crippen LogP contribution in [0.1, 0.15) is 31.0 Å². The van der Waals surface area contributed by atoms with E-state index in [9.17, 15) is 9.59 Å². The molecule has 27 heavy (non-hydrogen) atoms. The van der Waals surface area contributed by atoms with Crippen LogP contribution in [0.3, 0.4) is 0 Å². The number of amides is 2. The van der Waals surface area contributed by atoms with Crippen LogP contribution in [-0.4, -0.2) is 18.4 Å². The molecule has 2 unspecified atom stereocenters. The van der Waals surface area contributed by atoms with Crippen molar-refractivity contribution in [3.8, 4) is 0 Å². The van der Waals surface area contributed by atoms with E-state index in [4.69, 9.17) is 0 Å². The van der Waals surface area contributed by atoms with Crippen molar-refractivity contribution in [1.29, 1.82) is 0 Å². The van der Waals surface area contributed by atoms with Gasteiger partial charge in [-0.25, -0.2) is 5.43 Å². The average Bonchev–Trinajstić information content (AvgIpc) is 3.18. The van der Waals surface area contributed by atoms with E-state index in [0.717, 1.165) is 16.8 Å². The lowest BCUT2D eigenvalue weighted by Crippen LogP contribution is -2.34. The molecule has 2 amide bonds. The molecule has 0 saturated carbocycles. The van der Waals surface area contributed by atoms with Gasteiger partial charge in [0.1, 0.15) is 0 Å². The zero-order chi connectivity index (χ0) is 19.2. The number of rotatable bonds is 6. The third kappa shape index (κ3) is 4.93. The normalized spacial score (nSPS) is 19.1. The molecule has 0 spiro atoms. The summed E-state index contributed by atoms with van der Waals surface area (Å²) in [5, 5.41) is 5.87. The van der Waals surface area contributed by atoms with Gasteiger partial charge in [-0.05, 0) is 23.3 Å². The molecule has 1 heterocycles. The highest BCUT2D eigenvalue weighted by Gasteiger charge is 2.33. The van der Waals surface area contributed by atoms with Gasteiger partial charge in [0, 0.05) is 24.7 Å². The summed E-state index contributed by atoms with van der Waals surface area (Å²) in [4.78, 5) is 24.4. The van der Waals surface area contributed by atoms with Crippen LogP contribution < -0.4 is 21.5 Å². The highest BCUT2D eigenvalue weighted by Crippen LogP contribution is 2.24. The molecule has 4 N–H and O–H groups in total. The lowest BCUT2D eigenvalue weighted by Gasteiger charge is -2.18. The van der Waals surface area contributed by atoms with Crippen molar-refractivity contribution in [3.63, 3.8) is 0 Å². The van der Waals surface area contributed by atoms with Gasteiger partial charge in [-0.1, -0.05) is 56.3 Å². The van der Waals surface area contributed by atoms with Crippen LogP contribution >= 0.6 is 0 Å². The molecule has 1 saturated heterocycles. The second kappa shape index (κ2) is 8.79. The number of carbonyl (C=O) groups excluding carboxylic acids is 2. The lowest BCUT2D eigenvalue weighted by atomic mass is 9.94. The van der Waals surface area contributed by atoms with Gasteiger partial charge in [0.05, 0.1) is 12.0 Å². The molecular formula is C21H26N4O2. The van der Waals surface area contributed by atoms with Crippen molar-refractivity contribution in [1.82, 2.24) is 16.2 Å². The van der Waals surface area contributed by atoms with E-state index in [0.29, 0.717) is 13.1 Å². The Morgan fingerprint density at radius 3 is 2.44 bits per heavy atom. The van der Waals surface area contributed by atoms with Gasteiger partial charge in [0.25, 0.3) is 0 Å². The molecule has 2 aromatic rings. The van der Waals surface area contributed by atoms with Gasteiger partial charge in [-0.2, -0.15) is 0 Å². The molecular weight excluding hydrogens is 340 g/mol. The maximum absolute atomic E-state index is 12.6. The van der Waals surface area contributed by atoms with E-state index >= 15 is 0 Å².